The highest BCUT2D eigenvalue weighted by atomic mass is 35.5. The number of nitrogens with zero attached hydrogens (tertiary/aromatic N) is 3. The number of hydrogen-bond acceptors (Lipinski definition) is 4. The van der Waals surface area contributed by atoms with Gasteiger partial charge in [-0.1, -0.05) is 11.6 Å². The minimum atomic E-state index is -4.89. The van der Waals surface area contributed by atoms with Gasteiger partial charge in [-0.25, -0.2) is 9.36 Å². The van der Waals surface area contributed by atoms with Crippen LogP contribution in [0.3, 0.4) is 0 Å². The van der Waals surface area contributed by atoms with E-state index in [0.717, 1.165) is 25.2 Å². The van der Waals surface area contributed by atoms with Crippen molar-refractivity contribution in [2.24, 2.45) is 7.05 Å². The second kappa shape index (κ2) is 5.54. The van der Waals surface area contributed by atoms with E-state index in [4.69, 9.17) is 11.6 Å². The summed E-state index contributed by atoms with van der Waals surface area (Å²) < 4.78 is 38.9. The van der Waals surface area contributed by atoms with Crippen molar-refractivity contribution in [1.29, 1.82) is 0 Å². The molecule has 11 heteroatoms. The molecule has 7 nitrogen and oxygen atoms in total. The number of rotatable bonds is 2. The minimum Gasteiger partial charge on any atom is -0.292 e. The number of alkyl halides is 3. The van der Waals surface area contributed by atoms with Crippen LogP contribution in [-0.4, -0.2) is 14.1 Å². The first-order valence-electron chi connectivity index (χ1n) is 5.88. The molecule has 1 aromatic carbocycles. The highest BCUT2D eigenvalue weighted by Crippen LogP contribution is 2.28. The van der Waals surface area contributed by atoms with Crippen molar-refractivity contribution < 1.29 is 18.1 Å². The molecule has 0 aliphatic heterocycles. The minimum absolute atomic E-state index is 0.238. The lowest BCUT2D eigenvalue weighted by molar-refractivity contribution is -0.384. The highest BCUT2D eigenvalue weighted by molar-refractivity contribution is 6.32. The Morgan fingerprint density at radius 1 is 1.22 bits per heavy atom. The van der Waals surface area contributed by atoms with Crippen LogP contribution in [0.2, 0.25) is 5.02 Å². The summed E-state index contributed by atoms with van der Waals surface area (Å²) in [7, 11) is 0.839. The second-order valence-electron chi connectivity index (χ2n) is 4.44. The van der Waals surface area contributed by atoms with Crippen molar-refractivity contribution in [2.45, 2.75) is 6.18 Å². The van der Waals surface area contributed by atoms with Gasteiger partial charge >= 0.3 is 11.9 Å². The summed E-state index contributed by atoms with van der Waals surface area (Å²) in [4.78, 5) is 33.9. The van der Waals surface area contributed by atoms with Crippen molar-refractivity contribution in [2.75, 3.05) is 0 Å². The lowest BCUT2D eigenvalue weighted by Crippen LogP contribution is -2.40. The van der Waals surface area contributed by atoms with Gasteiger partial charge in [0.25, 0.3) is 11.2 Å². The highest BCUT2D eigenvalue weighted by Gasteiger charge is 2.35. The Hall–Kier alpha value is -2.62. The fourth-order valence-corrected chi connectivity index (χ4v) is 2.10. The van der Waals surface area contributed by atoms with Crippen LogP contribution in [0.5, 0.6) is 0 Å². The maximum atomic E-state index is 12.8. The molecule has 0 saturated carbocycles. The number of nitro groups is 1. The Morgan fingerprint density at radius 2 is 1.83 bits per heavy atom. The summed E-state index contributed by atoms with van der Waals surface area (Å²) in [6, 6.07) is 3.25. The Labute approximate surface area is 130 Å². The van der Waals surface area contributed by atoms with Crippen LogP contribution in [0.25, 0.3) is 5.69 Å². The van der Waals surface area contributed by atoms with E-state index in [0.29, 0.717) is 4.57 Å². The number of aromatic nitrogens is 2. The van der Waals surface area contributed by atoms with Gasteiger partial charge in [0.2, 0.25) is 0 Å². The Bertz CT molecular complexity index is 917. The van der Waals surface area contributed by atoms with Crippen molar-refractivity contribution in [3.63, 3.8) is 0 Å². The van der Waals surface area contributed by atoms with Gasteiger partial charge in [0.1, 0.15) is 10.7 Å². The van der Waals surface area contributed by atoms with Crippen LogP contribution in [0.1, 0.15) is 5.69 Å². The zero-order valence-electron chi connectivity index (χ0n) is 11.3. The van der Waals surface area contributed by atoms with Crippen LogP contribution in [0.4, 0.5) is 18.9 Å². The molecule has 1 aromatic heterocycles. The molecule has 0 fully saturated rings. The van der Waals surface area contributed by atoms with Gasteiger partial charge in [-0.2, -0.15) is 13.2 Å². The molecule has 2 rings (SSSR count). The second-order valence-corrected chi connectivity index (χ2v) is 4.84. The van der Waals surface area contributed by atoms with E-state index in [1.165, 1.54) is 0 Å². The number of benzene rings is 1. The summed E-state index contributed by atoms with van der Waals surface area (Å²) in [6.07, 6.45) is -4.89. The SMILES string of the molecule is Cn1c(C(F)(F)F)cc(=O)n(-c2ccc(Cl)c([N+](=O)[O-])c2)c1=O. The van der Waals surface area contributed by atoms with Crippen LogP contribution < -0.4 is 11.2 Å². The smallest absolute Gasteiger partial charge is 0.292 e. The molecule has 0 aliphatic carbocycles. The van der Waals surface area contributed by atoms with Gasteiger partial charge in [-0.05, 0) is 12.1 Å². The van der Waals surface area contributed by atoms with Crippen LogP contribution in [-0.2, 0) is 13.2 Å². The largest absolute Gasteiger partial charge is 0.431 e. The van der Waals surface area contributed by atoms with E-state index in [1.807, 2.05) is 0 Å². The van der Waals surface area contributed by atoms with E-state index in [9.17, 15) is 32.9 Å². The van der Waals surface area contributed by atoms with Crippen molar-refractivity contribution in [1.82, 2.24) is 9.13 Å². The van der Waals surface area contributed by atoms with E-state index in [1.54, 1.807) is 0 Å². The molecule has 0 aliphatic rings. The summed E-state index contributed by atoms with van der Waals surface area (Å²) in [5.41, 5.74) is -4.83. The first kappa shape index (κ1) is 16.7. The lowest BCUT2D eigenvalue weighted by Gasteiger charge is -2.13. The van der Waals surface area contributed by atoms with Crippen LogP contribution in [0.15, 0.2) is 33.9 Å². The summed E-state index contributed by atoms with van der Waals surface area (Å²) >= 11 is 5.61. The van der Waals surface area contributed by atoms with Gasteiger partial charge in [-0.3, -0.25) is 19.5 Å². The molecule has 122 valence electrons. The number of nitro benzene ring substituents is 1. The van der Waals surface area contributed by atoms with Crippen LogP contribution >= 0.6 is 11.6 Å². The van der Waals surface area contributed by atoms with Gasteiger partial charge in [-0.15, -0.1) is 0 Å². The molecule has 0 radical (unpaired) electrons. The molecule has 1 heterocycles. The fourth-order valence-electron chi connectivity index (χ4n) is 1.92. The van der Waals surface area contributed by atoms with E-state index in [2.05, 4.69) is 0 Å². The van der Waals surface area contributed by atoms with Crippen molar-refractivity contribution in [3.05, 3.63) is 65.9 Å². The fraction of sp³-hybridized carbons (Fsp3) is 0.167. The van der Waals surface area contributed by atoms with Gasteiger partial charge < -0.3 is 0 Å². The maximum absolute atomic E-state index is 12.8. The first-order valence-corrected chi connectivity index (χ1v) is 6.26. The molecule has 2 aromatic rings. The lowest BCUT2D eigenvalue weighted by atomic mass is 10.2. The predicted octanol–water partition coefficient (Wildman–Crippen LogP) is 2.12. The molecule has 0 atom stereocenters. The van der Waals surface area contributed by atoms with Gasteiger partial charge in [0.15, 0.2) is 0 Å². The zero-order chi connectivity index (χ0) is 17.5. The molecule has 0 saturated heterocycles. The monoisotopic (exact) mass is 349 g/mol. The standard InChI is InChI=1S/C12H7ClF3N3O4/c1-17-9(12(14,15)16)5-10(20)18(11(17)21)6-2-3-7(13)8(4-6)19(22)23/h2-5H,1H3. The molecule has 0 unspecified atom stereocenters. The summed E-state index contributed by atoms with van der Waals surface area (Å²) in [5.74, 6) is 0. The molecular weight excluding hydrogens is 343 g/mol. The molecule has 0 N–H and O–H groups in total. The van der Waals surface area contributed by atoms with Crippen molar-refractivity contribution in [3.8, 4) is 5.69 Å². The van der Waals surface area contributed by atoms with E-state index < -0.39 is 33.7 Å². The Balaban J connectivity index is 2.79. The molecule has 0 amide bonds. The summed E-state index contributed by atoms with van der Waals surface area (Å²) in [5, 5.41) is 10.6. The Kier molecular flexibility index (Phi) is 4.03. The van der Waals surface area contributed by atoms with E-state index in [-0.39, 0.29) is 21.3 Å². The number of hydrogen-bond donors (Lipinski definition) is 0. The van der Waals surface area contributed by atoms with E-state index >= 15 is 0 Å². The quantitative estimate of drug-likeness (QED) is 0.613. The molecule has 23 heavy (non-hydrogen) atoms. The molecule has 0 spiro atoms. The molecule has 0 bridgehead atoms. The summed E-state index contributed by atoms with van der Waals surface area (Å²) in [6.45, 7) is 0. The van der Waals surface area contributed by atoms with Gasteiger partial charge in [0, 0.05) is 19.2 Å². The average molecular weight is 350 g/mol. The van der Waals surface area contributed by atoms with Crippen LogP contribution in [0, 0.1) is 10.1 Å². The third-order valence-electron chi connectivity index (χ3n) is 3.00. The predicted molar refractivity (Wildman–Crippen MR) is 73.9 cm³/mol. The Morgan fingerprint density at radius 3 is 2.35 bits per heavy atom. The third kappa shape index (κ3) is 2.97. The van der Waals surface area contributed by atoms with Crippen molar-refractivity contribution >= 4 is 17.3 Å². The average Bonchev–Trinajstić information content (AvgIpc) is 2.43. The van der Waals surface area contributed by atoms with Gasteiger partial charge in [0.05, 0.1) is 10.6 Å². The maximum Gasteiger partial charge on any atom is 0.431 e. The normalized spacial score (nSPS) is 11.5. The molecular formula is C12H7ClF3N3O4. The topological polar surface area (TPSA) is 87.1 Å². The third-order valence-corrected chi connectivity index (χ3v) is 3.31. The first-order chi connectivity index (χ1) is 10.5. The zero-order valence-corrected chi connectivity index (χ0v) is 12.1. The number of halogens is 4.